The summed E-state index contributed by atoms with van der Waals surface area (Å²) in [7, 11) is 0. The van der Waals surface area contributed by atoms with Crippen LogP contribution in [-0.4, -0.2) is 22.4 Å². The van der Waals surface area contributed by atoms with Crippen LogP contribution in [0.3, 0.4) is 0 Å². The van der Waals surface area contributed by atoms with Crippen LogP contribution in [0.25, 0.3) is 0 Å². The van der Waals surface area contributed by atoms with Gasteiger partial charge in [-0.05, 0) is 24.6 Å². The summed E-state index contributed by atoms with van der Waals surface area (Å²) in [5.74, 6) is 0.273. The van der Waals surface area contributed by atoms with Crippen molar-refractivity contribution in [2.75, 3.05) is 11.9 Å². The minimum Gasteiger partial charge on any atom is -0.351 e. The third-order valence-corrected chi connectivity index (χ3v) is 2.70. The van der Waals surface area contributed by atoms with Gasteiger partial charge in [0.15, 0.2) is 0 Å². The lowest BCUT2D eigenvalue weighted by molar-refractivity contribution is 0.0948. The Bertz CT molecular complexity index is 678. The minimum absolute atomic E-state index is 0.229. The van der Waals surface area contributed by atoms with Gasteiger partial charge in [-0.1, -0.05) is 13.0 Å². The molecule has 0 aliphatic rings. The molecule has 0 bridgehead atoms. The van der Waals surface area contributed by atoms with E-state index in [0.717, 1.165) is 12.1 Å². The monoisotopic (exact) mass is 281 g/mol. The summed E-state index contributed by atoms with van der Waals surface area (Å²) in [6.45, 7) is 2.59. The van der Waals surface area contributed by atoms with E-state index >= 15 is 0 Å². The Morgan fingerprint density at radius 1 is 1.33 bits per heavy atom. The number of rotatable bonds is 5. The van der Waals surface area contributed by atoms with Gasteiger partial charge in [0, 0.05) is 18.3 Å². The molecule has 21 heavy (non-hydrogen) atoms. The van der Waals surface area contributed by atoms with Crippen LogP contribution in [0.5, 0.6) is 0 Å². The van der Waals surface area contributed by atoms with Gasteiger partial charge < -0.3 is 10.6 Å². The first-order valence-electron chi connectivity index (χ1n) is 6.60. The highest BCUT2D eigenvalue weighted by molar-refractivity contribution is 5.92. The van der Waals surface area contributed by atoms with Gasteiger partial charge in [-0.3, -0.25) is 4.79 Å². The van der Waals surface area contributed by atoms with Crippen molar-refractivity contribution in [3.63, 3.8) is 0 Å². The van der Waals surface area contributed by atoms with Crippen LogP contribution in [0.1, 0.15) is 29.4 Å². The van der Waals surface area contributed by atoms with Gasteiger partial charge in [0.2, 0.25) is 0 Å². The predicted molar refractivity (Wildman–Crippen MR) is 79.1 cm³/mol. The zero-order valence-corrected chi connectivity index (χ0v) is 11.6. The first-order valence-corrected chi connectivity index (χ1v) is 6.60. The Morgan fingerprint density at radius 2 is 2.19 bits per heavy atom. The molecular weight excluding hydrogens is 266 g/mol. The first kappa shape index (κ1) is 14.5. The second kappa shape index (κ2) is 7.01. The zero-order valence-electron chi connectivity index (χ0n) is 11.6. The number of benzene rings is 1. The van der Waals surface area contributed by atoms with Crippen LogP contribution in [0.4, 0.5) is 11.5 Å². The summed E-state index contributed by atoms with van der Waals surface area (Å²) < 4.78 is 0. The molecule has 0 saturated heterocycles. The SMILES string of the molecule is CCCNC(=O)c1cc(Nc2cccc(C#N)c2)ncn1. The Kier molecular flexibility index (Phi) is 4.83. The molecule has 1 heterocycles. The molecule has 6 heteroatoms. The van der Waals surface area contributed by atoms with Crippen LogP contribution in [0.15, 0.2) is 36.7 Å². The van der Waals surface area contributed by atoms with Gasteiger partial charge in [-0.15, -0.1) is 0 Å². The number of nitrogens with one attached hydrogen (secondary N) is 2. The largest absolute Gasteiger partial charge is 0.351 e. The number of aromatic nitrogens is 2. The molecule has 6 nitrogen and oxygen atoms in total. The van der Waals surface area contributed by atoms with Crippen LogP contribution in [0.2, 0.25) is 0 Å². The Hall–Kier alpha value is -2.94. The number of nitrogens with zero attached hydrogens (tertiary/aromatic N) is 3. The van der Waals surface area contributed by atoms with E-state index in [2.05, 4.69) is 26.7 Å². The average molecular weight is 281 g/mol. The van der Waals surface area contributed by atoms with Crippen molar-refractivity contribution in [3.05, 3.63) is 47.9 Å². The highest BCUT2D eigenvalue weighted by Crippen LogP contribution is 2.15. The number of nitriles is 1. The van der Waals surface area contributed by atoms with Crippen molar-refractivity contribution in [1.82, 2.24) is 15.3 Å². The van der Waals surface area contributed by atoms with E-state index in [-0.39, 0.29) is 5.91 Å². The van der Waals surface area contributed by atoms with Gasteiger partial charge in [0.1, 0.15) is 17.8 Å². The Balaban J connectivity index is 2.14. The van der Waals surface area contributed by atoms with Gasteiger partial charge in [-0.2, -0.15) is 5.26 Å². The van der Waals surface area contributed by atoms with Crippen LogP contribution >= 0.6 is 0 Å². The lowest BCUT2D eigenvalue weighted by Crippen LogP contribution is -2.25. The summed E-state index contributed by atoms with van der Waals surface area (Å²) in [6.07, 6.45) is 2.19. The molecule has 1 aromatic heterocycles. The van der Waals surface area contributed by atoms with Crippen molar-refractivity contribution >= 4 is 17.4 Å². The third-order valence-electron chi connectivity index (χ3n) is 2.70. The van der Waals surface area contributed by atoms with Gasteiger partial charge in [0.05, 0.1) is 11.6 Å². The molecule has 0 saturated carbocycles. The Morgan fingerprint density at radius 3 is 2.95 bits per heavy atom. The maximum absolute atomic E-state index is 11.8. The maximum Gasteiger partial charge on any atom is 0.270 e. The molecule has 0 spiro atoms. The first-order chi connectivity index (χ1) is 10.2. The van der Waals surface area contributed by atoms with E-state index in [1.54, 1.807) is 24.3 Å². The molecule has 1 aromatic carbocycles. The van der Waals surface area contributed by atoms with Gasteiger partial charge in [0.25, 0.3) is 5.91 Å². The zero-order chi connectivity index (χ0) is 15.1. The molecular formula is C15H15N5O. The predicted octanol–water partition coefficient (Wildman–Crippen LogP) is 2.23. The van der Waals surface area contributed by atoms with E-state index in [9.17, 15) is 4.79 Å². The topological polar surface area (TPSA) is 90.7 Å². The molecule has 2 aromatic rings. The number of anilines is 2. The summed E-state index contributed by atoms with van der Waals surface area (Å²) >= 11 is 0. The third kappa shape index (κ3) is 4.01. The lowest BCUT2D eigenvalue weighted by Gasteiger charge is -2.07. The summed E-state index contributed by atoms with van der Waals surface area (Å²) in [5, 5.41) is 14.7. The molecule has 0 fully saturated rings. The number of hydrogen-bond acceptors (Lipinski definition) is 5. The molecule has 1 amide bonds. The molecule has 0 aliphatic carbocycles. The van der Waals surface area contributed by atoms with Crippen LogP contribution in [0, 0.1) is 11.3 Å². The molecule has 106 valence electrons. The van der Waals surface area contributed by atoms with Crippen molar-refractivity contribution in [2.45, 2.75) is 13.3 Å². The fourth-order valence-corrected chi connectivity index (χ4v) is 1.69. The Labute approximate surface area is 122 Å². The van der Waals surface area contributed by atoms with E-state index in [1.165, 1.54) is 6.33 Å². The van der Waals surface area contributed by atoms with E-state index < -0.39 is 0 Å². The molecule has 0 radical (unpaired) electrons. The normalized spacial score (nSPS) is 9.71. The summed E-state index contributed by atoms with van der Waals surface area (Å²) in [6, 6.07) is 10.7. The van der Waals surface area contributed by atoms with E-state index in [1.807, 2.05) is 13.0 Å². The van der Waals surface area contributed by atoms with E-state index in [4.69, 9.17) is 5.26 Å². The molecule has 2 N–H and O–H groups in total. The van der Waals surface area contributed by atoms with Crippen molar-refractivity contribution in [3.8, 4) is 6.07 Å². The number of carbonyl (C=O) groups is 1. The standard InChI is InChI=1S/C15H15N5O/c1-2-6-17-15(21)13-8-14(19-10-18-13)20-12-5-3-4-11(7-12)9-16/h3-5,7-8,10H,2,6H2,1H3,(H,17,21)(H,18,19,20). The molecule has 0 aliphatic heterocycles. The van der Waals surface area contributed by atoms with E-state index in [0.29, 0.717) is 23.6 Å². The molecule has 0 unspecified atom stereocenters. The maximum atomic E-state index is 11.8. The highest BCUT2D eigenvalue weighted by atomic mass is 16.1. The number of amides is 1. The quantitative estimate of drug-likeness (QED) is 0.877. The van der Waals surface area contributed by atoms with Gasteiger partial charge >= 0.3 is 0 Å². The van der Waals surface area contributed by atoms with Crippen LogP contribution in [-0.2, 0) is 0 Å². The van der Waals surface area contributed by atoms with Gasteiger partial charge in [-0.25, -0.2) is 9.97 Å². The molecule has 0 atom stereocenters. The van der Waals surface area contributed by atoms with Crippen molar-refractivity contribution in [1.29, 1.82) is 5.26 Å². The summed E-state index contributed by atoms with van der Waals surface area (Å²) in [5.41, 5.74) is 1.58. The second-order valence-corrected chi connectivity index (χ2v) is 4.36. The van der Waals surface area contributed by atoms with Crippen LogP contribution < -0.4 is 10.6 Å². The fraction of sp³-hybridized carbons (Fsp3) is 0.200. The van der Waals surface area contributed by atoms with Crippen molar-refractivity contribution in [2.24, 2.45) is 0 Å². The lowest BCUT2D eigenvalue weighted by atomic mass is 10.2. The minimum atomic E-state index is -0.229. The second-order valence-electron chi connectivity index (χ2n) is 4.36. The van der Waals surface area contributed by atoms with Crippen molar-refractivity contribution < 1.29 is 4.79 Å². The number of hydrogen-bond donors (Lipinski definition) is 2. The number of carbonyl (C=O) groups excluding carboxylic acids is 1. The average Bonchev–Trinajstić information content (AvgIpc) is 2.53. The summed E-state index contributed by atoms with van der Waals surface area (Å²) in [4.78, 5) is 19.9. The smallest absolute Gasteiger partial charge is 0.270 e. The highest BCUT2D eigenvalue weighted by Gasteiger charge is 2.08. The molecule has 2 rings (SSSR count). The fourth-order valence-electron chi connectivity index (χ4n) is 1.69.